The molecule has 0 aliphatic rings. The molecule has 0 aliphatic carbocycles. The van der Waals surface area contributed by atoms with Gasteiger partial charge in [-0.15, -0.1) is 0 Å². The van der Waals surface area contributed by atoms with Crippen molar-refractivity contribution < 1.29 is 9.47 Å². The fraction of sp³-hybridized carbons (Fsp3) is 0.818. The van der Waals surface area contributed by atoms with Crippen LogP contribution in [0.1, 0.15) is 19.2 Å². The van der Waals surface area contributed by atoms with Gasteiger partial charge in [-0.3, -0.25) is 4.68 Å². The Bertz CT molecular complexity index is 312. The van der Waals surface area contributed by atoms with Crippen molar-refractivity contribution in [3.8, 4) is 0 Å². The van der Waals surface area contributed by atoms with Crippen molar-refractivity contribution in [3.05, 3.63) is 12.2 Å². The van der Waals surface area contributed by atoms with Gasteiger partial charge in [0.25, 0.3) is 0 Å². The van der Waals surface area contributed by atoms with Crippen LogP contribution in [-0.4, -0.2) is 48.4 Å². The van der Waals surface area contributed by atoms with Gasteiger partial charge in [-0.2, -0.15) is 5.10 Å². The maximum Gasteiger partial charge on any atom is 0.172 e. The van der Waals surface area contributed by atoms with Crippen LogP contribution in [0.3, 0.4) is 0 Å². The Morgan fingerprint density at radius 3 is 2.65 bits per heavy atom. The number of hydrogen-bond donors (Lipinski definition) is 1. The second-order valence-corrected chi connectivity index (χ2v) is 3.84. The zero-order chi connectivity index (χ0) is 12.7. The number of nitrogens with zero attached hydrogens (tertiary/aromatic N) is 3. The fourth-order valence-electron chi connectivity index (χ4n) is 1.80. The number of rotatable bonds is 8. The van der Waals surface area contributed by atoms with Gasteiger partial charge in [0.05, 0.1) is 6.04 Å². The van der Waals surface area contributed by atoms with Gasteiger partial charge in [-0.05, 0) is 13.5 Å². The summed E-state index contributed by atoms with van der Waals surface area (Å²) in [7, 11) is 5.15. The Labute approximate surface area is 102 Å². The van der Waals surface area contributed by atoms with Crippen molar-refractivity contribution >= 4 is 0 Å². The molecule has 0 saturated carbocycles. The quantitative estimate of drug-likeness (QED) is 0.670. The molecule has 0 aromatic carbocycles. The number of likely N-dealkylation sites (N-methyl/N-ethyl adjacent to an activating group) is 1. The largest absolute Gasteiger partial charge is 0.354 e. The van der Waals surface area contributed by atoms with Gasteiger partial charge in [-0.1, -0.05) is 6.92 Å². The van der Waals surface area contributed by atoms with Crippen LogP contribution in [0.4, 0.5) is 0 Å². The summed E-state index contributed by atoms with van der Waals surface area (Å²) in [6.07, 6.45) is 3.07. The van der Waals surface area contributed by atoms with Gasteiger partial charge in [0, 0.05) is 27.2 Å². The first kappa shape index (κ1) is 14.1. The molecule has 0 amide bonds. The van der Waals surface area contributed by atoms with Crippen LogP contribution in [0, 0.1) is 0 Å². The molecule has 98 valence electrons. The molecule has 0 bridgehead atoms. The number of hydrogen-bond acceptors (Lipinski definition) is 5. The maximum absolute atomic E-state index is 5.26. The van der Waals surface area contributed by atoms with E-state index in [4.69, 9.17) is 9.47 Å². The van der Waals surface area contributed by atoms with E-state index in [1.165, 1.54) is 0 Å². The lowest BCUT2D eigenvalue weighted by Crippen LogP contribution is -2.42. The molecule has 1 aromatic heterocycles. The van der Waals surface area contributed by atoms with Crippen molar-refractivity contribution in [1.29, 1.82) is 0 Å². The molecule has 1 N–H and O–H groups in total. The number of ether oxygens (including phenoxy) is 2. The van der Waals surface area contributed by atoms with Crippen molar-refractivity contribution in [2.24, 2.45) is 0 Å². The zero-order valence-corrected chi connectivity index (χ0v) is 11.0. The molecule has 0 aliphatic heterocycles. The molecule has 1 unspecified atom stereocenters. The number of nitrogens with one attached hydrogen (secondary N) is 1. The monoisotopic (exact) mass is 242 g/mol. The molecular weight excluding hydrogens is 220 g/mol. The van der Waals surface area contributed by atoms with E-state index in [9.17, 15) is 0 Å². The number of aromatic nitrogens is 3. The molecule has 0 saturated heterocycles. The summed E-state index contributed by atoms with van der Waals surface area (Å²) < 4.78 is 12.4. The SMILES string of the molecule is CCCn1ncnc1CC(NC)C(OC)OC. The van der Waals surface area contributed by atoms with Crippen LogP contribution in [0.2, 0.25) is 0 Å². The predicted octanol–water partition coefficient (Wildman–Crippen LogP) is 0.438. The highest BCUT2D eigenvalue weighted by Gasteiger charge is 2.21. The van der Waals surface area contributed by atoms with Crippen LogP contribution < -0.4 is 5.32 Å². The van der Waals surface area contributed by atoms with E-state index < -0.39 is 0 Å². The van der Waals surface area contributed by atoms with E-state index in [0.29, 0.717) is 0 Å². The maximum atomic E-state index is 5.26. The average Bonchev–Trinajstić information content (AvgIpc) is 2.77. The third-order valence-electron chi connectivity index (χ3n) is 2.70. The summed E-state index contributed by atoms with van der Waals surface area (Å²) >= 11 is 0. The first-order valence-corrected chi connectivity index (χ1v) is 5.86. The molecular formula is C11H22N4O2. The zero-order valence-electron chi connectivity index (χ0n) is 11.0. The third kappa shape index (κ3) is 3.76. The van der Waals surface area contributed by atoms with Crippen LogP contribution in [0.15, 0.2) is 6.33 Å². The Balaban J connectivity index is 2.69. The minimum Gasteiger partial charge on any atom is -0.354 e. The van der Waals surface area contributed by atoms with E-state index in [-0.39, 0.29) is 12.3 Å². The Hall–Kier alpha value is -0.980. The average molecular weight is 242 g/mol. The van der Waals surface area contributed by atoms with Crippen LogP contribution >= 0.6 is 0 Å². The molecule has 0 spiro atoms. The third-order valence-corrected chi connectivity index (χ3v) is 2.70. The number of methoxy groups -OCH3 is 2. The van der Waals surface area contributed by atoms with Crippen molar-refractivity contribution in [2.45, 2.75) is 38.6 Å². The first-order valence-electron chi connectivity index (χ1n) is 5.86. The molecule has 1 rings (SSSR count). The first-order chi connectivity index (χ1) is 8.26. The van der Waals surface area contributed by atoms with Gasteiger partial charge in [0.15, 0.2) is 6.29 Å². The Morgan fingerprint density at radius 2 is 2.12 bits per heavy atom. The van der Waals surface area contributed by atoms with E-state index in [2.05, 4.69) is 22.3 Å². The lowest BCUT2D eigenvalue weighted by Gasteiger charge is -2.23. The lowest BCUT2D eigenvalue weighted by atomic mass is 10.2. The molecule has 0 fully saturated rings. The van der Waals surface area contributed by atoms with Crippen LogP contribution in [0.5, 0.6) is 0 Å². The van der Waals surface area contributed by atoms with Crippen LogP contribution in [-0.2, 0) is 22.4 Å². The van der Waals surface area contributed by atoms with Gasteiger partial charge in [0.1, 0.15) is 12.2 Å². The fourth-order valence-corrected chi connectivity index (χ4v) is 1.80. The molecule has 1 aromatic rings. The highest BCUT2D eigenvalue weighted by Crippen LogP contribution is 2.07. The summed E-state index contributed by atoms with van der Waals surface area (Å²) in [6.45, 7) is 3.00. The van der Waals surface area contributed by atoms with Crippen molar-refractivity contribution in [3.63, 3.8) is 0 Å². The predicted molar refractivity (Wildman–Crippen MR) is 64.7 cm³/mol. The topological polar surface area (TPSA) is 61.2 Å². The normalized spacial score (nSPS) is 13.2. The second kappa shape index (κ2) is 7.37. The molecule has 6 nitrogen and oxygen atoms in total. The highest BCUT2D eigenvalue weighted by molar-refractivity contribution is 4.90. The minimum absolute atomic E-state index is 0.0600. The van der Waals surface area contributed by atoms with Gasteiger partial charge >= 0.3 is 0 Å². The van der Waals surface area contributed by atoms with E-state index in [1.807, 2.05) is 11.7 Å². The van der Waals surface area contributed by atoms with E-state index in [0.717, 1.165) is 25.2 Å². The summed E-state index contributed by atoms with van der Waals surface area (Å²) in [5.41, 5.74) is 0. The smallest absolute Gasteiger partial charge is 0.172 e. The second-order valence-electron chi connectivity index (χ2n) is 3.84. The molecule has 0 radical (unpaired) electrons. The van der Waals surface area contributed by atoms with Crippen molar-refractivity contribution in [2.75, 3.05) is 21.3 Å². The minimum atomic E-state index is -0.285. The van der Waals surface area contributed by atoms with E-state index >= 15 is 0 Å². The Morgan fingerprint density at radius 1 is 1.41 bits per heavy atom. The molecule has 6 heteroatoms. The van der Waals surface area contributed by atoms with E-state index in [1.54, 1.807) is 20.5 Å². The number of aryl methyl sites for hydroxylation is 1. The van der Waals surface area contributed by atoms with Crippen LogP contribution in [0.25, 0.3) is 0 Å². The molecule has 17 heavy (non-hydrogen) atoms. The van der Waals surface area contributed by atoms with Crippen molar-refractivity contribution in [1.82, 2.24) is 20.1 Å². The van der Waals surface area contributed by atoms with Gasteiger partial charge in [-0.25, -0.2) is 4.98 Å². The van der Waals surface area contributed by atoms with Gasteiger partial charge < -0.3 is 14.8 Å². The summed E-state index contributed by atoms with van der Waals surface area (Å²) in [6, 6.07) is 0.0600. The lowest BCUT2D eigenvalue weighted by molar-refractivity contribution is -0.121. The summed E-state index contributed by atoms with van der Waals surface area (Å²) in [4.78, 5) is 4.27. The molecule has 1 heterocycles. The Kier molecular flexibility index (Phi) is 6.10. The summed E-state index contributed by atoms with van der Waals surface area (Å²) in [5.74, 6) is 0.949. The molecule has 1 atom stereocenters. The summed E-state index contributed by atoms with van der Waals surface area (Å²) in [5, 5.41) is 7.38. The highest BCUT2D eigenvalue weighted by atomic mass is 16.7. The van der Waals surface area contributed by atoms with Gasteiger partial charge in [0.2, 0.25) is 0 Å². The standard InChI is InChI=1S/C11H22N4O2/c1-5-6-15-10(13-8-14-15)7-9(12-2)11(16-3)17-4/h8-9,11-12H,5-7H2,1-4H3.